The van der Waals surface area contributed by atoms with Gasteiger partial charge in [-0.05, 0) is 42.9 Å². The van der Waals surface area contributed by atoms with Crippen LogP contribution in [0.5, 0.6) is 0 Å². The molecule has 0 aromatic heterocycles. The van der Waals surface area contributed by atoms with E-state index in [1.165, 1.54) is 87.5 Å². The normalized spacial score (nSPS) is 22.5. The Morgan fingerprint density at radius 1 is 0.700 bits per heavy atom. The zero-order chi connectivity index (χ0) is 23.4. The van der Waals surface area contributed by atoms with Gasteiger partial charge in [0.2, 0.25) is 0 Å². The number of hydrogen-bond donors (Lipinski definition) is 0. The summed E-state index contributed by atoms with van der Waals surface area (Å²) >= 11 is 4.86. The molecule has 184 valence electrons. The van der Waals surface area contributed by atoms with Crippen molar-refractivity contribution >= 4 is 29.1 Å². The van der Waals surface area contributed by atoms with E-state index in [0.29, 0.717) is 15.8 Å². The average molecular weight is 703 g/mol. The van der Waals surface area contributed by atoms with E-state index in [0.717, 1.165) is 17.8 Å². The Bertz CT molecular complexity index is 352. The summed E-state index contributed by atoms with van der Waals surface area (Å²) in [6.07, 6.45) is 22.5. The van der Waals surface area contributed by atoms with Gasteiger partial charge in [-0.3, -0.25) is 5.57 Å². The first-order valence-corrected chi connectivity index (χ1v) is 21.4. The molecule has 0 aliphatic heterocycles. The third kappa shape index (κ3) is 16.4. The molecule has 2 aliphatic carbocycles. The molecule has 0 nitrogen and oxygen atoms in total. The van der Waals surface area contributed by atoms with E-state index < -0.39 is 0 Å². The first-order chi connectivity index (χ1) is 14.5. The van der Waals surface area contributed by atoms with Gasteiger partial charge in [-0.15, -0.1) is 15.8 Å². The zero-order valence-electron chi connectivity index (χ0n) is 21.5. The molecule has 0 saturated heterocycles. The van der Waals surface area contributed by atoms with Crippen LogP contribution in [0.15, 0.2) is 5.57 Å². The van der Waals surface area contributed by atoms with Crippen LogP contribution < -0.4 is 0 Å². The molecule has 0 amide bonds. The van der Waals surface area contributed by atoms with Gasteiger partial charge in [-0.2, -0.15) is 5.92 Å². The molecule has 2 fully saturated rings. The van der Waals surface area contributed by atoms with E-state index in [4.69, 9.17) is 0 Å². The Balaban J connectivity index is 0. The van der Waals surface area contributed by atoms with E-state index in [-0.39, 0.29) is 0 Å². The molecule has 2 aliphatic rings. The summed E-state index contributed by atoms with van der Waals surface area (Å²) in [6, 6.07) is 0. The summed E-state index contributed by atoms with van der Waals surface area (Å²) in [6.45, 7) is 18.1. The van der Waals surface area contributed by atoms with Crippen LogP contribution in [0.3, 0.4) is 0 Å². The van der Waals surface area contributed by atoms with Gasteiger partial charge in [0.25, 0.3) is 0 Å². The van der Waals surface area contributed by atoms with E-state index in [2.05, 4.69) is 74.8 Å². The second-order valence-corrected chi connectivity index (χ2v) is 15.1. The van der Waals surface area contributed by atoms with Gasteiger partial charge in [0.1, 0.15) is 0 Å². The van der Waals surface area contributed by atoms with Crippen molar-refractivity contribution < 1.29 is 17.8 Å². The molecular formula is C26H53BrP2Pt. The second-order valence-electron chi connectivity index (χ2n) is 8.63. The molecular weight excluding hydrogens is 649 g/mol. The minimum absolute atomic E-state index is 0.446. The SMILES string of the molecule is CC(C)=[C-]C1CCCC2CCCCC12.CCP(CC)CC.CCP(CC)CC.[Br][Pt+]. The predicted octanol–water partition coefficient (Wildman–Crippen LogP) is 10.3. The molecule has 0 heterocycles. The van der Waals surface area contributed by atoms with E-state index in [1.54, 1.807) is 0 Å². The predicted molar refractivity (Wildman–Crippen MR) is 147 cm³/mol. The standard InChI is InChI=1S/C14H23.2C6H15P.BrH.Pt/c1-11(2)10-13-8-5-7-12-6-3-4-9-14(12)13;2*1-4-7(5-2)6-3;;/h12-14H,3-9H2,1-2H3;2*4-6H2,1-3H3;1H;/q-1;;;;+2/p-1. The van der Waals surface area contributed by atoms with Crippen molar-refractivity contribution in [1.29, 1.82) is 0 Å². The van der Waals surface area contributed by atoms with Crippen molar-refractivity contribution in [2.75, 3.05) is 37.0 Å². The summed E-state index contributed by atoms with van der Waals surface area (Å²) in [5.74, 6) is 2.85. The van der Waals surface area contributed by atoms with Gasteiger partial charge in [0.15, 0.2) is 0 Å². The molecule has 0 bridgehead atoms. The first-order valence-electron chi connectivity index (χ1n) is 12.6. The fourth-order valence-corrected chi connectivity index (χ4v) is 7.51. The quantitative estimate of drug-likeness (QED) is 0.183. The molecule has 3 atom stereocenters. The van der Waals surface area contributed by atoms with Gasteiger partial charge in [-0.25, -0.2) is 0 Å². The maximum absolute atomic E-state index is 3.70. The van der Waals surface area contributed by atoms with Gasteiger partial charge < -0.3 is 6.08 Å². The summed E-state index contributed by atoms with van der Waals surface area (Å²) in [7, 11) is 0.892. The van der Waals surface area contributed by atoms with E-state index in [1.807, 2.05) is 17.8 Å². The molecule has 2 rings (SSSR count). The summed E-state index contributed by atoms with van der Waals surface area (Å²) in [4.78, 5) is 0. The van der Waals surface area contributed by atoms with Gasteiger partial charge in [-0.1, -0.05) is 106 Å². The van der Waals surface area contributed by atoms with E-state index in [9.17, 15) is 0 Å². The van der Waals surface area contributed by atoms with Crippen molar-refractivity contribution in [2.45, 2.75) is 100 Å². The number of hydrogen-bond acceptors (Lipinski definition) is 0. The van der Waals surface area contributed by atoms with Crippen LogP contribution in [0.2, 0.25) is 0 Å². The van der Waals surface area contributed by atoms with Crippen LogP contribution in [0.1, 0.15) is 100 Å². The summed E-state index contributed by atoms with van der Waals surface area (Å²) < 4.78 is 0. The Hall–Kier alpha value is 1.77. The van der Waals surface area contributed by atoms with Gasteiger partial charge in [0.05, 0.1) is 0 Å². The Morgan fingerprint density at radius 3 is 1.47 bits per heavy atom. The maximum atomic E-state index is 3.70. The van der Waals surface area contributed by atoms with Crippen LogP contribution >= 0.6 is 29.1 Å². The Kier molecular flexibility index (Phi) is 27.0. The molecule has 4 heteroatoms. The molecule has 0 aromatic rings. The minimum atomic E-state index is 0.446. The van der Waals surface area contributed by atoms with Crippen LogP contribution in [-0.2, 0) is 17.8 Å². The molecule has 3 unspecified atom stereocenters. The van der Waals surface area contributed by atoms with Crippen molar-refractivity contribution in [2.24, 2.45) is 17.8 Å². The average Bonchev–Trinajstić information content (AvgIpc) is 2.78. The monoisotopic (exact) mass is 701 g/mol. The Labute approximate surface area is 212 Å². The molecule has 0 aromatic carbocycles. The van der Waals surface area contributed by atoms with Crippen molar-refractivity contribution in [3.8, 4) is 0 Å². The molecule has 0 N–H and O–H groups in total. The number of fused-ring (bicyclic) bond motifs is 1. The fourth-order valence-electron chi connectivity index (χ4n) is 4.83. The molecule has 30 heavy (non-hydrogen) atoms. The van der Waals surface area contributed by atoms with Crippen molar-refractivity contribution in [1.82, 2.24) is 0 Å². The van der Waals surface area contributed by atoms with Crippen molar-refractivity contribution in [3.05, 3.63) is 11.6 Å². The van der Waals surface area contributed by atoms with Gasteiger partial charge >= 0.3 is 31.1 Å². The van der Waals surface area contributed by atoms with Crippen LogP contribution in [0.4, 0.5) is 0 Å². The van der Waals surface area contributed by atoms with Crippen molar-refractivity contribution in [3.63, 3.8) is 0 Å². The molecule has 0 radical (unpaired) electrons. The zero-order valence-corrected chi connectivity index (χ0v) is 27.2. The topological polar surface area (TPSA) is 0 Å². The number of rotatable bonds is 7. The second kappa shape index (κ2) is 23.9. The van der Waals surface area contributed by atoms with Crippen LogP contribution in [0.25, 0.3) is 0 Å². The van der Waals surface area contributed by atoms with Crippen LogP contribution in [0, 0.1) is 23.8 Å². The third-order valence-electron chi connectivity index (χ3n) is 6.73. The fraction of sp³-hybridized carbons (Fsp3) is 0.923. The Morgan fingerprint density at radius 2 is 1.10 bits per heavy atom. The molecule has 0 spiro atoms. The van der Waals surface area contributed by atoms with Crippen LogP contribution in [-0.4, -0.2) is 37.0 Å². The van der Waals surface area contributed by atoms with Gasteiger partial charge in [0, 0.05) is 0 Å². The summed E-state index contributed by atoms with van der Waals surface area (Å²) in [5.41, 5.74) is 1.40. The number of halogens is 1. The first kappa shape index (κ1) is 33.9. The summed E-state index contributed by atoms with van der Waals surface area (Å²) in [5, 5.41) is 0. The third-order valence-corrected chi connectivity index (χ3v) is 12.1. The van der Waals surface area contributed by atoms with E-state index >= 15 is 0 Å². The molecule has 2 saturated carbocycles. The number of allylic oxidation sites excluding steroid dienone is 2.